The molecule has 0 radical (unpaired) electrons. The van der Waals surface area contributed by atoms with Crippen molar-refractivity contribution in [2.75, 3.05) is 13.7 Å². The maximum Gasteiger partial charge on any atom is 0.0477 e. The number of rotatable bonds is 5. The van der Waals surface area contributed by atoms with Gasteiger partial charge in [0.25, 0.3) is 0 Å². The summed E-state index contributed by atoms with van der Waals surface area (Å²) in [6, 6.07) is 4.17. The summed E-state index contributed by atoms with van der Waals surface area (Å²) in [6.07, 6.45) is 5.38. The third-order valence-electron chi connectivity index (χ3n) is 1.94. The van der Waals surface area contributed by atoms with Crippen LogP contribution in [0.4, 0.5) is 0 Å². The fourth-order valence-corrected chi connectivity index (χ4v) is 1.19. The van der Waals surface area contributed by atoms with E-state index < -0.39 is 0 Å². The molecule has 0 aliphatic carbocycles. The molecule has 2 N–H and O–H groups in total. The Bertz CT molecular complexity index is 226. The van der Waals surface area contributed by atoms with E-state index in [9.17, 15) is 0 Å². The second kappa shape index (κ2) is 5.67. The van der Waals surface area contributed by atoms with Crippen molar-refractivity contribution in [3.63, 3.8) is 0 Å². The van der Waals surface area contributed by atoms with Gasteiger partial charge in [-0.25, -0.2) is 0 Å². The van der Waals surface area contributed by atoms with E-state index in [4.69, 9.17) is 10.5 Å². The van der Waals surface area contributed by atoms with Crippen LogP contribution in [-0.4, -0.2) is 24.7 Å². The molecule has 1 heterocycles. The first-order valence-corrected chi connectivity index (χ1v) is 4.46. The summed E-state index contributed by atoms with van der Waals surface area (Å²) in [5, 5.41) is 0. The van der Waals surface area contributed by atoms with E-state index in [0.717, 1.165) is 19.4 Å². The van der Waals surface area contributed by atoms with Crippen LogP contribution in [0.1, 0.15) is 12.0 Å². The summed E-state index contributed by atoms with van der Waals surface area (Å²) in [5.41, 5.74) is 7.13. The molecule has 0 saturated heterocycles. The SMILES string of the molecule is COCCC(N)Cc1ccncc1. The van der Waals surface area contributed by atoms with Gasteiger partial charge in [0.05, 0.1) is 0 Å². The Labute approximate surface area is 78.9 Å². The number of methoxy groups -OCH3 is 1. The van der Waals surface area contributed by atoms with Gasteiger partial charge in [0.1, 0.15) is 0 Å². The molecule has 3 nitrogen and oxygen atoms in total. The van der Waals surface area contributed by atoms with Crippen LogP contribution in [0.15, 0.2) is 24.5 Å². The van der Waals surface area contributed by atoms with Crippen LogP contribution in [-0.2, 0) is 11.2 Å². The first-order chi connectivity index (χ1) is 6.33. The van der Waals surface area contributed by atoms with E-state index in [0.29, 0.717) is 0 Å². The molecule has 1 atom stereocenters. The minimum absolute atomic E-state index is 0.183. The summed E-state index contributed by atoms with van der Waals surface area (Å²) in [4.78, 5) is 3.95. The summed E-state index contributed by atoms with van der Waals surface area (Å²) in [6.45, 7) is 0.728. The van der Waals surface area contributed by atoms with Gasteiger partial charge in [0.2, 0.25) is 0 Å². The predicted octanol–water partition coefficient (Wildman–Crippen LogP) is 0.988. The second-order valence-electron chi connectivity index (χ2n) is 3.10. The summed E-state index contributed by atoms with van der Waals surface area (Å²) < 4.78 is 4.96. The van der Waals surface area contributed by atoms with Crippen LogP contribution in [0.3, 0.4) is 0 Å². The van der Waals surface area contributed by atoms with Gasteiger partial charge in [-0.1, -0.05) is 0 Å². The van der Waals surface area contributed by atoms with Gasteiger partial charge in [-0.05, 0) is 30.5 Å². The smallest absolute Gasteiger partial charge is 0.0477 e. The number of ether oxygens (including phenoxy) is 1. The lowest BCUT2D eigenvalue weighted by molar-refractivity contribution is 0.188. The molecule has 1 unspecified atom stereocenters. The molecular weight excluding hydrogens is 164 g/mol. The average molecular weight is 180 g/mol. The minimum atomic E-state index is 0.183. The maximum absolute atomic E-state index is 5.89. The summed E-state index contributed by atoms with van der Waals surface area (Å²) in [5.74, 6) is 0. The van der Waals surface area contributed by atoms with Crippen molar-refractivity contribution < 1.29 is 4.74 Å². The number of hydrogen-bond donors (Lipinski definition) is 1. The van der Waals surface area contributed by atoms with Gasteiger partial charge in [-0.15, -0.1) is 0 Å². The molecule has 0 spiro atoms. The van der Waals surface area contributed by atoms with Crippen molar-refractivity contribution in [2.45, 2.75) is 18.9 Å². The Hall–Kier alpha value is -0.930. The van der Waals surface area contributed by atoms with Gasteiger partial charge >= 0.3 is 0 Å². The van der Waals surface area contributed by atoms with E-state index in [2.05, 4.69) is 4.98 Å². The molecule has 0 aromatic carbocycles. The van der Waals surface area contributed by atoms with Crippen molar-refractivity contribution in [3.8, 4) is 0 Å². The normalized spacial score (nSPS) is 12.8. The number of aromatic nitrogens is 1. The minimum Gasteiger partial charge on any atom is -0.385 e. The highest BCUT2D eigenvalue weighted by molar-refractivity contribution is 5.10. The standard InChI is InChI=1S/C10H16N2O/c1-13-7-4-10(11)8-9-2-5-12-6-3-9/h2-3,5-6,10H,4,7-8,11H2,1H3. The van der Waals surface area contributed by atoms with Gasteiger partial charge in [-0.2, -0.15) is 0 Å². The molecule has 1 rings (SSSR count). The molecular formula is C10H16N2O. The second-order valence-corrected chi connectivity index (χ2v) is 3.10. The molecule has 0 aliphatic heterocycles. The largest absolute Gasteiger partial charge is 0.385 e. The molecule has 72 valence electrons. The van der Waals surface area contributed by atoms with Crippen LogP contribution < -0.4 is 5.73 Å². The molecule has 0 fully saturated rings. The number of nitrogens with zero attached hydrogens (tertiary/aromatic N) is 1. The lowest BCUT2D eigenvalue weighted by atomic mass is 10.1. The first kappa shape index (κ1) is 10.2. The first-order valence-electron chi connectivity index (χ1n) is 4.46. The molecule has 3 heteroatoms. The summed E-state index contributed by atoms with van der Waals surface area (Å²) >= 11 is 0. The fraction of sp³-hybridized carbons (Fsp3) is 0.500. The van der Waals surface area contributed by atoms with E-state index in [1.165, 1.54) is 5.56 Å². The van der Waals surface area contributed by atoms with Crippen molar-refractivity contribution >= 4 is 0 Å². The highest BCUT2D eigenvalue weighted by atomic mass is 16.5. The van der Waals surface area contributed by atoms with Gasteiger partial charge in [0, 0.05) is 32.2 Å². The van der Waals surface area contributed by atoms with Crippen molar-refractivity contribution in [2.24, 2.45) is 5.73 Å². The molecule has 1 aromatic heterocycles. The van der Waals surface area contributed by atoms with Crippen molar-refractivity contribution in [3.05, 3.63) is 30.1 Å². The van der Waals surface area contributed by atoms with Crippen LogP contribution in [0, 0.1) is 0 Å². The highest BCUT2D eigenvalue weighted by Gasteiger charge is 2.02. The molecule has 1 aromatic rings. The molecule has 13 heavy (non-hydrogen) atoms. The molecule has 0 saturated carbocycles. The Kier molecular flexibility index (Phi) is 4.43. The summed E-state index contributed by atoms with van der Waals surface area (Å²) in [7, 11) is 1.69. The Balaban J connectivity index is 2.32. The van der Waals surface area contributed by atoms with E-state index >= 15 is 0 Å². The lowest BCUT2D eigenvalue weighted by Gasteiger charge is -2.10. The zero-order chi connectivity index (χ0) is 9.52. The third kappa shape index (κ3) is 4.01. The monoisotopic (exact) mass is 180 g/mol. The van der Waals surface area contributed by atoms with Crippen molar-refractivity contribution in [1.82, 2.24) is 4.98 Å². The van der Waals surface area contributed by atoms with Crippen LogP contribution in [0.2, 0.25) is 0 Å². The van der Waals surface area contributed by atoms with E-state index in [1.807, 2.05) is 12.1 Å². The van der Waals surface area contributed by atoms with Gasteiger partial charge in [-0.3, -0.25) is 4.98 Å². The van der Waals surface area contributed by atoms with Crippen molar-refractivity contribution in [1.29, 1.82) is 0 Å². The quantitative estimate of drug-likeness (QED) is 0.735. The molecule has 0 aliphatic rings. The van der Waals surface area contributed by atoms with Crippen LogP contribution >= 0.6 is 0 Å². The van der Waals surface area contributed by atoms with Crippen LogP contribution in [0.5, 0.6) is 0 Å². The predicted molar refractivity (Wildman–Crippen MR) is 52.4 cm³/mol. The zero-order valence-electron chi connectivity index (χ0n) is 7.94. The Morgan fingerprint density at radius 1 is 1.46 bits per heavy atom. The Morgan fingerprint density at radius 2 is 2.15 bits per heavy atom. The number of hydrogen-bond acceptors (Lipinski definition) is 3. The lowest BCUT2D eigenvalue weighted by Crippen LogP contribution is -2.24. The average Bonchev–Trinajstić information content (AvgIpc) is 2.16. The van der Waals surface area contributed by atoms with Crippen LogP contribution in [0.25, 0.3) is 0 Å². The highest BCUT2D eigenvalue weighted by Crippen LogP contribution is 2.02. The number of pyridine rings is 1. The third-order valence-corrected chi connectivity index (χ3v) is 1.94. The number of nitrogens with two attached hydrogens (primary N) is 1. The Morgan fingerprint density at radius 3 is 2.77 bits per heavy atom. The molecule has 0 amide bonds. The maximum atomic E-state index is 5.89. The van der Waals surface area contributed by atoms with Gasteiger partial charge in [0.15, 0.2) is 0 Å². The zero-order valence-corrected chi connectivity index (χ0v) is 7.94. The fourth-order valence-electron chi connectivity index (χ4n) is 1.19. The molecule has 0 bridgehead atoms. The van der Waals surface area contributed by atoms with E-state index in [1.54, 1.807) is 19.5 Å². The van der Waals surface area contributed by atoms with Gasteiger partial charge < -0.3 is 10.5 Å². The topological polar surface area (TPSA) is 48.1 Å². The van der Waals surface area contributed by atoms with E-state index in [-0.39, 0.29) is 6.04 Å².